The Balaban J connectivity index is 2.55. The van der Waals surface area contributed by atoms with Crippen molar-refractivity contribution in [1.29, 1.82) is 0 Å². The molecule has 0 aliphatic heterocycles. The first-order valence-electron chi connectivity index (χ1n) is 9.33. The second kappa shape index (κ2) is 10.3. The highest BCUT2D eigenvalue weighted by Gasteiger charge is 2.30. The van der Waals surface area contributed by atoms with Crippen molar-refractivity contribution in [3.63, 3.8) is 0 Å². The van der Waals surface area contributed by atoms with Crippen molar-refractivity contribution in [2.75, 3.05) is 33.3 Å². The lowest BCUT2D eigenvalue weighted by Crippen LogP contribution is -2.19. The van der Waals surface area contributed by atoms with Crippen LogP contribution in [-0.2, 0) is 38.6 Å². The third-order valence-corrected chi connectivity index (χ3v) is 5.56. The molecule has 168 valence electrons. The minimum absolute atomic E-state index is 0.0109. The zero-order chi connectivity index (χ0) is 23.2. The maximum Gasteiger partial charge on any atom is 0.342 e. The number of rotatable bonds is 9. The normalized spacial score (nSPS) is 11.1. The van der Waals surface area contributed by atoms with Crippen molar-refractivity contribution in [3.05, 3.63) is 52.3 Å². The second-order valence-corrected chi connectivity index (χ2v) is 9.07. The van der Waals surface area contributed by atoms with Crippen LogP contribution in [0.3, 0.4) is 0 Å². The Labute approximate surface area is 180 Å². The molecule has 1 heterocycles. The van der Waals surface area contributed by atoms with Crippen molar-refractivity contribution in [2.24, 2.45) is 0 Å². The summed E-state index contributed by atoms with van der Waals surface area (Å²) in [6.07, 6.45) is 1.61. The third kappa shape index (κ3) is 6.17. The molecule has 0 amide bonds. The van der Waals surface area contributed by atoms with Gasteiger partial charge in [-0.2, -0.15) is 0 Å². The monoisotopic (exact) mass is 451 g/mol. The highest BCUT2D eigenvalue weighted by molar-refractivity contribution is 7.90. The molecule has 9 nitrogen and oxygen atoms in total. The van der Waals surface area contributed by atoms with Crippen LogP contribution in [0.4, 0.5) is 0 Å². The fourth-order valence-corrected chi connectivity index (χ4v) is 3.56. The maximum atomic E-state index is 12.5. The SMILES string of the molecule is COC(=O)c1c(CCc2ccc(OC)cc2)nc(CCS(C)(=O)=O)c(O)c1C(=O)OC. The van der Waals surface area contributed by atoms with Gasteiger partial charge in [0.05, 0.1) is 44.0 Å². The predicted octanol–water partition coefficient (Wildman–Crippen LogP) is 1.74. The number of carbonyl (C=O) groups is 2. The van der Waals surface area contributed by atoms with Gasteiger partial charge in [-0.15, -0.1) is 0 Å². The van der Waals surface area contributed by atoms with Gasteiger partial charge in [-0.1, -0.05) is 12.1 Å². The fraction of sp³-hybridized carbons (Fsp3) is 0.381. The van der Waals surface area contributed by atoms with Gasteiger partial charge in [0, 0.05) is 12.7 Å². The lowest BCUT2D eigenvalue weighted by Gasteiger charge is -2.16. The standard InChI is InChI=1S/C21H25NO8S/c1-28-14-8-5-13(6-9-14)7-10-15-17(20(24)29-2)18(21(25)30-3)19(23)16(22-15)11-12-31(4,26)27/h5-6,8-9,23H,7,10-12H2,1-4H3. The first-order chi connectivity index (χ1) is 14.6. The Morgan fingerprint density at radius 1 is 0.903 bits per heavy atom. The Morgan fingerprint density at radius 3 is 2.00 bits per heavy atom. The van der Waals surface area contributed by atoms with Gasteiger partial charge in [0.25, 0.3) is 0 Å². The third-order valence-electron chi connectivity index (χ3n) is 4.62. The van der Waals surface area contributed by atoms with Crippen molar-refractivity contribution in [1.82, 2.24) is 4.98 Å². The zero-order valence-corrected chi connectivity index (χ0v) is 18.6. The minimum Gasteiger partial charge on any atom is -0.505 e. The van der Waals surface area contributed by atoms with Crippen molar-refractivity contribution < 1.29 is 37.3 Å². The van der Waals surface area contributed by atoms with E-state index in [9.17, 15) is 23.1 Å². The number of esters is 2. The van der Waals surface area contributed by atoms with Gasteiger partial charge in [0.15, 0.2) is 5.75 Å². The van der Waals surface area contributed by atoms with Crippen molar-refractivity contribution >= 4 is 21.8 Å². The van der Waals surface area contributed by atoms with Crippen molar-refractivity contribution in [3.8, 4) is 11.5 Å². The summed E-state index contributed by atoms with van der Waals surface area (Å²) in [6.45, 7) is 0. The van der Waals surface area contributed by atoms with Gasteiger partial charge >= 0.3 is 11.9 Å². The zero-order valence-electron chi connectivity index (χ0n) is 17.8. The van der Waals surface area contributed by atoms with Crippen LogP contribution in [0.1, 0.15) is 37.7 Å². The van der Waals surface area contributed by atoms with E-state index in [0.717, 1.165) is 26.0 Å². The van der Waals surface area contributed by atoms with E-state index in [1.54, 1.807) is 19.2 Å². The van der Waals surface area contributed by atoms with E-state index in [-0.39, 0.29) is 35.5 Å². The molecule has 0 saturated heterocycles. The first kappa shape index (κ1) is 24.1. The van der Waals surface area contributed by atoms with Gasteiger partial charge < -0.3 is 19.3 Å². The second-order valence-electron chi connectivity index (χ2n) is 6.81. The number of hydrogen-bond acceptors (Lipinski definition) is 9. The quantitative estimate of drug-likeness (QED) is 0.567. The average Bonchev–Trinajstić information content (AvgIpc) is 2.75. The van der Waals surface area contributed by atoms with Gasteiger partial charge in [0.2, 0.25) is 0 Å². The number of ether oxygens (including phenoxy) is 3. The minimum atomic E-state index is -3.35. The number of sulfone groups is 1. The molecule has 0 saturated carbocycles. The summed E-state index contributed by atoms with van der Waals surface area (Å²) in [5.74, 6) is -2.00. The number of aromatic hydroxyl groups is 1. The molecule has 0 aliphatic carbocycles. The van der Waals surface area contributed by atoms with Crippen LogP contribution in [0, 0.1) is 0 Å². The number of nitrogens with zero attached hydrogens (tertiary/aromatic N) is 1. The highest BCUT2D eigenvalue weighted by Crippen LogP contribution is 2.30. The van der Waals surface area contributed by atoms with E-state index >= 15 is 0 Å². The molecule has 0 aliphatic rings. The molecule has 1 aromatic heterocycles. The molecule has 0 atom stereocenters. The largest absolute Gasteiger partial charge is 0.505 e. The summed E-state index contributed by atoms with van der Waals surface area (Å²) < 4.78 is 37.8. The molecule has 2 aromatic rings. The summed E-state index contributed by atoms with van der Waals surface area (Å²) >= 11 is 0. The molecule has 2 rings (SSSR count). The van der Waals surface area contributed by atoms with Crippen LogP contribution in [0.15, 0.2) is 24.3 Å². The Hall–Kier alpha value is -3.14. The van der Waals surface area contributed by atoms with Crippen LogP contribution in [0.5, 0.6) is 11.5 Å². The molecule has 0 fully saturated rings. The van der Waals surface area contributed by atoms with Crippen LogP contribution in [0.2, 0.25) is 0 Å². The number of aromatic nitrogens is 1. The topological polar surface area (TPSA) is 129 Å². The Kier molecular flexibility index (Phi) is 7.98. The lowest BCUT2D eigenvalue weighted by molar-refractivity contribution is 0.0550. The number of aryl methyl sites for hydroxylation is 3. The molecule has 0 radical (unpaired) electrons. The van der Waals surface area contributed by atoms with E-state index < -0.39 is 33.1 Å². The van der Waals surface area contributed by atoms with Crippen LogP contribution in [-0.4, -0.2) is 63.8 Å². The summed E-state index contributed by atoms with van der Waals surface area (Å²) in [4.78, 5) is 29.2. The number of carbonyl (C=O) groups excluding carboxylic acids is 2. The maximum absolute atomic E-state index is 12.5. The van der Waals surface area contributed by atoms with Gasteiger partial charge in [-0.05, 0) is 30.5 Å². The van der Waals surface area contributed by atoms with E-state index in [2.05, 4.69) is 4.98 Å². The molecule has 10 heteroatoms. The van der Waals surface area contributed by atoms with Gasteiger partial charge in [-0.25, -0.2) is 18.0 Å². The van der Waals surface area contributed by atoms with E-state index in [0.29, 0.717) is 12.2 Å². The molecular formula is C21H25NO8S. The van der Waals surface area contributed by atoms with Crippen LogP contribution < -0.4 is 4.74 Å². The average molecular weight is 451 g/mol. The van der Waals surface area contributed by atoms with E-state index in [1.807, 2.05) is 12.1 Å². The number of hydrogen-bond donors (Lipinski definition) is 1. The van der Waals surface area contributed by atoms with Gasteiger partial charge in [0.1, 0.15) is 21.2 Å². The Morgan fingerprint density at radius 2 is 1.48 bits per heavy atom. The molecular weight excluding hydrogens is 426 g/mol. The Bertz CT molecular complexity index is 1060. The summed E-state index contributed by atoms with van der Waals surface area (Å²) in [6, 6.07) is 7.28. The first-order valence-corrected chi connectivity index (χ1v) is 11.4. The molecule has 1 N–H and O–H groups in total. The fourth-order valence-electron chi connectivity index (χ4n) is 2.99. The molecule has 0 bridgehead atoms. The van der Waals surface area contributed by atoms with Crippen LogP contribution >= 0.6 is 0 Å². The van der Waals surface area contributed by atoms with Crippen LogP contribution in [0.25, 0.3) is 0 Å². The molecule has 0 unspecified atom stereocenters. The van der Waals surface area contributed by atoms with E-state index in [4.69, 9.17) is 14.2 Å². The number of pyridine rings is 1. The summed E-state index contributed by atoms with van der Waals surface area (Å²) in [7, 11) is 0.457. The van der Waals surface area contributed by atoms with E-state index in [1.165, 1.54) is 0 Å². The molecule has 1 aromatic carbocycles. The molecule has 0 spiro atoms. The smallest absolute Gasteiger partial charge is 0.342 e. The number of benzene rings is 1. The predicted molar refractivity (Wildman–Crippen MR) is 112 cm³/mol. The van der Waals surface area contributed by atoms with Crippen molar-refractivity contribution in [2.45, 2.75) is 19.3 Å². The summed E-state index contributed by atoms with van der Waals surface area (Å²) in [5.41, 5.74) is 0.512. The summed E-state index contributed by atoms with van der Waals surface area (Å²) in [5, 5.41) is 10.6. The van der Waals surface area contributed by atoms with Gasteiger partial charge in [-0.3, -0.25) is 4.98 Å². The lowest BCUT2D eigenvalue weighted by atomic mass is 9.98. The molecule has 31 heavy (non-hydrogen) atoms. The highest BCUT2D eigenvalue weighted by atomic mass is 32.2. The number of methoxy groups -OCH3 is 3.